The highest BCUT2D eigenvalue weighted by Crippen LogP contribution is 2.18. The van der Waals surface area contributed by atoms with Crippen molar-refractivity contribution in [2.24, 2.45) is 7.05 Å². The summed E-state index contributed by atoms with van der Waals surface area (Å²) in [5.74, 6) is 1.68. The molecular weight excluding hydrogens is 211 g/mol. The summed E-state index contributed by atoms with van der Waals surface area (Å²) in [6, 6.07) is 0. The van der Waals surface area contributed by atoms with E-state index in [1.165, 1.54) is 6.42 Å². The van der Waals surface area contributed by atoms with Crippen LogP contribution in [0.5, 0.6) is 0 Å². The molecule has 2 heterocycles. The topological polar surface area (TPSA) is 42.7 Å². The summed E-state index contributed by atoms with van der Waals surface area (Å²) in [7, 11) is 1.99. The third-order valence-corrected chi connectivity index (χ3v) is 2.17. The Morgan fingerprint density at radius 3 is 2.77 bits per heavy atom. The molecule has 1 aromatic heterocycles. The highest BCUT2D eigenvalue weighted by atomic mass is 35.5. The lowest BCUT2D eigenvalue weighted by atomic mass is 10.1. The van der Waals surface area contributed by atoms with Crippen LogP contribution >= 0.6 is 24.8 Å². The second-order valence-electron chi connectivity index (χ2n) is 2.99. The van der Waals surface area contributed by atoms with Gasteiger partial charge in [0.15, 0.2) is 0 Å². The lowest BCUT2D eigenvalue weighted by Crippen LogP contribution is -2.10. The highest BCUT2D eigenvalue weighted by molar-refractivity contribution is 5.85. The van der Waals surface area contributed by atoms with Crippen molar-refractivity contribution in [3.05, 3.63) is 12.2 Å². The molecule has 76 valence electrons. The van der Waals surface area contributed by atoms with Crippen LogP contribution in [0.4, 0.5) is 0 Å². The van der Waals surface area contributed by atoms with Crippen molar-refractivity contribution in [2.45, 2.75) is 12.3 Å². The van der Waals surface area contributed by atoms with Gasteiger partial charge in [-0.3, -0.25) is 0 Å². The second-order valence-corrected chi connectivity index (χ2v) is 2.99. The monoisotopic (exact) mass is 224 g/mol. The molecule has 1 atom stereocenters. The molecule has 0 spiro atoms. The van der Waals surface area contributed by atoms with Crippen molar-refractivity contribution in [3.63, 3.8) is 0 Å². The summed E-state index contributed by atoms with van der Waals surface area (Å²) in [4.78, 5) is 0. The first-order chi connectivity index (χ1) is 5.38. The van der Waals surface area contributed by atoms with E-state index in [4.69, 9.17) is 0 Å². The Labute approximate surface area is 89.9 Å². The highest BCUT2D eigenvalue weighted by Gasteiger charge is 2.20. The van der Waals surface area contributed by atoms with E-state index < -0.39 is 0 Å². The number of hydrogen-bond acceptors (Lipinski definition) is 3. The number of nitrogens with zero attached hydrogens (tertiary/aromatic N) is 3. The maximum Gasteiger partial charge on any atom is 0.136 e. The Morgan fingerprint density at radius 1 is 1.54 bits per heavy atom. The van der Waals surface area contributed by atoms with Crippen LogP contribution in [0.15, 0.2) is 6.33 Å². The molecule has 0 aliphatic carbocycles. The fourth-order valence-electron chi connectivity index (χ4n) is 1.54. The molecule has 0 bridgehead atoms. The lowest BCUT2D eigenvalue weighted by molar-refractivity contribution is 0.657. The molecule has 1 aromatic rings. The molecule has 1 aliphatic heterocycles. The van der Waals surface area contributed by atoms with Gasteiger partial charge in [-0.05, 0) is 13.0 Å². The number of nitrogens with one attached hydrogen (secondary N) is 1. The minimum atomic E-state index is 0. The standard InChI is InChI=1S/C7H12N4.2ClH/c1-11-5-9-10-7(11)6-2-3-8-4-6;;/h5-6,8H,2-4H2,1H3;2*1H. The van der Waals surface area contributed by atoms with Gasteiger partial charge in [0.05, 0.1) is 0 Å². The summed E-state index contributed by atoms with van der Waals surface area (Å²) in [5.41, 5.74) is 0. The number of hydrogen-bond donors (Lipinski definition) is 1. The van der Waals surface area contributed by atoms with Crippen LogP contribution in [-0.4, -0.2) is 27.9 Å². The Kier molecular flexibility index (Phi) is 5.29. The second kappa shape index (κ2) is 5.42. The third kappa shape index (κ3) is 2.56. The summed E-state index contributed by atoms with van der Waals surface area (Å²) in [6.07, 6.45) is 2.94. The van der Waals surface area contributed by atoms with E-state index in [0.717, 1.165) is 18.9 Å². The van der Waals surface area contributed by atoms with E-state index in [1.54, 1.807) is 6.33 Å². The quantitative estimate of drug-likeness (QED) is 0.766. The molecule has 1 N–H and O–H groups in total. The SMILES string of the molecule is Cl.Cl.Cn1cnnc1C1CCNC1. The van der Waals surface area contributed by atoms with E-state index in [2.05, 4.69) is 15.5 Å². The van der Waals surface area contributed by atoms with Crippen LogP contribution in [-0.2, 0) is 7.05 Å². The molecule has 1 unspecified atom stereocenters. The fourth-order valence-corrected chi connectivity index (χ4v) is 1.54. The van der Waals surface area contributed by atoms with E-state index in [9.17, 15) is 0 Å². The largest absolute Gasteiger partial charge is 0.320 e. The molecule has 0 amide bonds. The van der Waals surface area contributed by atoms with E-state index in [0.29, 0.717) is 5.92 Å². The minimum Gasteiger partial charge on any atom is -0.320 e. The summed E-state index contributed by atoms with van der Waals surface area (Å²) >= 11 is 0. The number of rotatable bonds is 1. The fraction of sp³-hybridized carbons (Fsp3) is 0.714. The maximum absolute atomic E-state index is 4.07. The van der Waals surface area contributed by atoms with Gasteiger partial charge in [0.1, 0.15) is 12.2 Å². The van der Waals surface area contributed by atoms with Crippen molar-refractivity contribution in [1.29, 1.82) is 0 Å². The average molecular weight is 225 g/mol. The first-order valence-corrected chi connectivity index (χ1v) is 3.92. The zero-order chi connectivity index (χ0) is 7.68. The normalized spacial score (nSPS) is 20.5. The van der Waals surface area contributed by atoms with Gasteiger partial charge in [-0.15, -0.1) is 35.0 Å². The average Bonchev–Trinajstić information content (AvgIpc) is 2.55. The summed E-state index contributed by atoms with van der Waals surface area (Å²) < 4.78 is 2.00. The molecule has 1 aliphatic rings. The number of aromatic nitrogens is 3. The Balaban J connectivity index is 0.000000720. The van der Waals surface area contributed by atoms with Gasteiger partial charge in [-0.2, -0.15) is 0 Å². The van der Waals surface area contributed by atoms with Crippen molar-refractivity contribution in [2.75, 3.05) is 13.1 Å². The Bertz CT molecular complexity index is 244. The molecule has 1 saturated heterocycles. The molecule has 2 rings (SSSR count). The van der Waals surface area contributed by atoms with Crippen molar-refractivity contribution in [1.82, 2.24) is 20.1 Å². The Morgan fingerprint density at radius 2 is 2.31 bits per heavy atom. The zero-order valence-electron chi connectivity index (χ0n) is 7.43. The molecule has 4 nitrogen and oxygen atoms in total. The Hall–Kier alpha value is -0.320. The van der Waals surface area contributed by atoms with Crippen LogP contribution in [0.25, 0.3) is 0 Å². The van der Waals surface area contributed by atoms with Gasteiger partial charge in [0.25, 0.3) is 0 Å². The number of halogens is 2. The molecule has 13 heavy (non-hydrogen) atoms. The molecule has 0 saturated carbocycles. The van der Waals surface area contributed by atoms with Gasteiger partial charge in [-0.25, -0.2) is 0 Å². The predicted octanol–water partition coefficient (Wildman–Crippen LogP) is 0.736. The van der Waals surface area contributed by atoms with Crippen LogP contribution < -0.4 is 5.32 Å². The maximum atomic E-state index is 4.07. The van der Waals surface area contributed by atoms with Crippen LogP contribution in [0.1, 0.15) is 18.2 Å². The minimum absolute atomic E-state index is 0. The predicted molar refractivity (Wildman–Crippen MR) is 55.7 cm³/mol. The smallest absolute Gasteiger partial charge is 0.136 e. The van der Waals surface area contributed by atoms with Gasteiger partial charge >= 0.3 is 0 Å². The van der Waals surface area contributed by atoms with Crippen molar-refractivity contribution in [3.8, 4) is 0 Å². The third-order valence-electron chi connectivity index (χ3n) is 2.17. The van der Waals surface area contributed by atoms with Gasteiger partial charge in [0.2, 0.25) is 0 Å². The summed E-state index contributed by atoms with van der Waals surface area (Å²) in [6.45, 7) is 2.16. The first-order valence-electron chi connectivity index (χ1n) is 3.92. The summed E-state index contributed by atoms with van der Waals surface area (Å²) in [5, 5.41) is 11.2. The van der Waals surface area contributed by atoms with E-state index in [-0.39, 0.29) is 24.8 Å². The zero-order valence-corrected chi connectivity index (χ0v) is 9.07. The molecule has 0 radical (unpaired) electrons. The molecule has 0 aromatic carbocycles. The van der Waals surface area contributed by atoms with E-state index >= 15 is 0 Å². The molecule has 6 heteroatoms. The van der Waals surface area contributed by atoms with Gasteiger partial charge in [-0.1, -0.05) is 0 Å². The lowest BCUT2D eigenvalue weighted by Gasteiger charge is -2.05. The number of aryl methyl sites for hydroxylation is 1. The van der Waals surface area contributed by atoms with Crippen LogP contribution in [0.3, 0.4) is 0 Å². The first kappa shape index (κ1) is 12.7. The van der Waals surface area contributed by atoms with E-state index in [1.807, 2.05) is 11.6 Å². The van der Waals surface area contributed by atoms with Crippen LogP contribution in [0.2, 0.25) is 0 Å². The van der Waals surface area contributed by atoms with Crippen molar-refractivity contribution < 1.29 is 0 Å². The molecule has 1 fully saturated rings. The van der Waals surface area contributed by atoms with Gasteiger partial charge < -0.3 is 9.88 Å². The van der Waals surface area contributed by atoms with Gasteiger partial charge in [0, 0.05) is 19.5 Å². The molecular formula is C7H14Cl2N4. The van der Waals surface area contributed by atoms with Crippen LogP contribution in [0, 0.1) is 0 Å². The van der Waals surface area contributed by atoms with Crippen molar-refractivity contribution >= 4 is 24.8 Å².